The molecule has 1 fully saturated rings. The molecule has 1 aromatic rings. The maximum atomic E-state index is 12.4. The Bertz CT molecular complexity index is 465. The number of hydrogen-bond donors (Lipinski definition) is 1. The smallest absolute Gasteiger partial charge is 0.406 e. The number of benzene rings is 1. The number of nitrogens with one attached hydrogen (secondary N) is 1. The van der Waals surface area contributed by atoms with E-state index in [1.165, 1.54) is 12.1 Å². The minimum absolute atomic E-state index is 0. The summed E-state index contributed by atoms with van der Waals surface area (Å²) in [6.45, 7) is 5.79. The third-order valence-corrected chi connectivity index (χ3v) is 3.90. The maximum absolute atomic E-state index is 12.4. The zero-order chi connectivity index (χ0) is 16.0. The van der Waals surface area contributed by atoms with Gasteiger partial charge in [0.05, 0.1) is 0 Å². The van der Waals surface area contributed by atoms with Crippen molar-refractivity contribution in [2.24, 2.45) is 0 Å². The topological polar surface area (TPSA) is 24.5 Å². The highest BCUT2D eigenvalue weighted by atomic mass is 35.5. The molecular weight excluding hydrogens is 329 g/mol. The highest BCUT2D eigenvalue weighted by Gasteiger charge is 2.31. The molecule has 23 heavy (non-hydrogen) atoms. The van der Waals surface area contributed by atoms with E-state index in [2.05, 4.69) is 21.9 Å². The van der Waals surface area contributed by atoms with E-state index in [1.54, 1.807) is 6.07 Å². The first-order chi connectivity index (χ1) is 10.5. The molecule has 7 heteroatoms. The van der Waals surface area contributed by atoms with E-state index in [9.17, 15) is 13.2 Å². The highest BCUT2D eigenvalue weighted by Crippen LogP contribution is 2.31. The van der Waals surface area contributed by atoms with Crippen molar-refractivity contribution in [3.05, 3.63) is 29.8 Å². The van der Waals surface area contributed by atoms with Gasteiger partial charge in [-0.25, -0.2) is 0 Å². The molecule has 1 aromatic carbocycles. The normalized spacial score (nSPS) is 17.4. The van der Waals surface area contributed by atoms with Crippen LogP contribution in [-0.4, -0.2) is 37.4 Å². The van der Waals surface area contributed by atoms with Crippen molar-refractivity contribution in [2.45, 2.75) is 38.6 Å². The van der Waals surface area contributed by atoms with Crippen LogP contribution in [0.25, 0.3) is 0 Å². The summed E-state index contributed by atoms with van der Waals surface area (Å²) in [6, 6.07) is 6.56. The van der Waals surface area contributed by atoms with E-state index in [0.717, 1.165) is 51.0 Å². The summed E-state index contributed by atoms with van der Waals surface area (Å²) in [7, 11) is 0. The molecule has 0 unspecified atom stereocenters. The van der Waals surface area contributed by atoms with E-state index in [-0.39, 0.29) is 24.2 Å². The second-order valence-electron chi connectivity index (χ2n) is 5.56. The zero-order valence-corrected chi connectivity index (χ0v) is 14.1. The minimum atomic E-state index is -4.65. The quantitative estimate of drug-likeness (QED) is 0.832. The number of alkyl halides is 3. The van der Waals surface area contributed by atoms with Crippen molar-refractivity contribution in [2.75, 3.05) is 26.2 Å². The van der Waals surface area contributed by atoms with Crippen LogP contribution in [0.5, 0.6) is 5.75 Å². The van der Waals surface area contributed by atoms with Crippen LogP contribution in [0.15, 0.2) is 24.3 Å². The second kappa shape index (κ2) is 9.35. The lowest BCUT2D eigenvalue weighted by atomic mass is 9.98. The number of piperazine rings is 1. The van der Waals surface area contributed by atoms with Crippen LogP contribution < -0.4 is 10.1 Å². The van der Waals surface area contributed by atoms with Gasteiger partial charge in [0.1, 0.15) is 5.75 Å². The summed E-state index contributed by atoms with van der Waals surface area (Å²) in [6.07, 6.45) is -1.57. The first-order valence-electron chi connectivity index (χ1n) is 7.80. The minimum Gasteiger partial charge on any atom is -0.406 e. The van der Waals surface area contributed by atoms with Crippen molar-refractivity contribution in [1.82, 2.24) is 10.2 Å². The molecule has 0 radical (unpaired) electrons. The van der Waals surface area contributed by atoms with Crippen molar-refractivity contribution < 1.29 is 17.9 Å². The lowest BCUT2D eigenvalue weighted by molar-refractivity contribution is -0.274. The Labute approximate surface area is 141 Å². The Balaban J connectivity index is 0.00000264. The summed E-state index contributed by atoms with van der Waals surface area (Å²) < 4.78 is 41.2. The summed E-state index contributed by atoms with van der Waals surface area (Å²) in [5.74, 6) is -0.137. The Morgan fingerprint density at radius 2 is 1.96 bits per heavy atom. The average molecular weight is 353 g/mol. The van der Waals surface area contributed by atoms with Gasteiger partial charge in [-0.2, -0.15) is 0 Å². The number of ether oxygens (including phenoxy) is 1. The predicted molar refractivity (Wildman–Crippen MR) is 87.1 cm³/mol. The first kappa shape index (κ1) is 20.1. The Kier molecular flexibility index (Phi) is 8.16. The molecule has 1 aliphatic rings. The Morgan fingerprint density at radius 3 is 2.57 bits per heavy atom. The van der Waals surface area contributed by atoms with Crippen LogP contribution in [-0.2, 0) is 0 Å². The average Bonchev–Trinajstić information content (AvgIpc) is 2.47. The summed E-state index contributed by atoms with van der Waals surface area (Å²) in [5, 5.41) is 3.30. The van der Waals surface area contributed by atoms with E-state index >= 15 is 0 Å². The second-order valence-corrected chi connectivity index (χ2v) is 5.56. The fraction of sp³-hybridized carbons (Fsp3) is 0.625. The number of nitrogens with zero attached hydrogens (tertiary/aromatic N) is 1. The van der Waals surface area contributed by atoms with Gasteiger partial charge < -0.3 is 10.1 Å². The highest BCUT2D eigenvalue weighted by molar-refractivity contribution is 5.85. The fourth-order valence-corrected chi connectivity index (χ4v) is 2.87. The van der Waals surface area contributed by atoms with Crippen molar-refractivity contribution in [1.29, 1.82) is 0 Å². The molecule has 0 spiro atoms. The first-order valence-corrected chi connectivity index (χ1v) is 7.80. The van der Waals surface area contributed by atoms with Crippen LogP contribution in [0, 0.1) is 0 Å². The van der Waals surface area contributed by atoms with Gasteiger partial charge in [0.2, 0.25) is 0 Å². The monoisotopic (exact) mass is 352 g/mol. The van der Waals surface area contributed by atoms with Gasteiger partial charge >= 0.3 is 6.36 Å². The van der Waals surface area contributed by atoms with Crippen LogP contribution in [0.3, 0.4) is 0 Å². The molecule has 1 N–H and O–H groups in total. The molecule has 132 valence electrons. The number of halogens is 4. The SMILES string of the molecule is CCCC[C@H](c1cccc(OC(F)(F)F)c1)N1CCNCC1.Cl. The molecule has 0 saturated carbocycles. The maximum Gasteiger partial charge on any atom is 0.573 e. The van der Waals surface area contributed by atoms with Gasteiger partial charge in [-0.3, -0.25) is 4.90 Å². The predicted octanol–water partition coefficient (Wildman–Crippen LogP) is 4.14. The molecule has 1 saturated heterocycles. The van der Waals surface area contributed by atoms with Crippen LogP contribution in [0.1, 0.15) is 37.8 Å². The molecule has 0 amide bonds. The molecule has 0 bridgehead atoms. The molecule has 0 aliphatic carbocycles. The molecule has 3 nitrogen and oxygen atoms in total. The van der Waals surface area contributed by atoms with Gasteiger partial charge in [-0.1, -0.05) is 31.9 Å². The Hall–Kier alpha value is -0.980. The number of rotatable bonds is 6. The van der Waals surface area contributed by atoms with Gasteiger partial charge in [0.15, 0.2) is 0 Å². The third kappa shape index (κ3) is 6.57. The van der Waals surface area contributed by atoms with Crippen molar-refractivity contribution >= 4 is 12.4 Å². The van der Waals surface area contributed by atoms with Gasteiger partial charge in [0, 0.05) is 32.2 Å². The molecule has 1 heterocycles. The third-order valence-electron chi connectivity index (χ3n) is 3.90. The standard InChI is InChI=1S/C16H23F3N2O.ClH/c1-2-3-7-15(21-10-8-20-9-11-21)13-5-4-6-14(12-13)22-16(17,18)19;/h4-6,12,15,20H,2-3,7-11H2,1H3;1H/t15-;/m1./s1. The lowest BCUT2D eigenvalue weighted by Crippen LogP contribution is -2.45. The molecule has 1 atom stereocenters. The van der Waals surface area contributed by atoms with Gasteiger partial charge in [0.25, 0.3) is 0 Å². The molecule has 0 aromatic heterocycles. The Morgan fingerprint density at radius 1 is 1.26 bits per heavy atom. The number of hydrogen-bond acceptors (Lipinski definition) is 3. The summed E-state index contributed by atoms with van der Waals surface area (Å²) in [5.41, 5.74) is 0.900. The van der Waals surface area contributed by atoms with Crippen LogP contribution in [0.2, 0.25) is 0 Å². The van der Waals surface area contributed by atoms with Crippen molar-refractivity contribution in [3.8, 4) is 5.75 Å². The summed E-state index contributed by atoms with van der Waals surface area (Å²) in [4.78, 5) is 2.35. The largest absolute Gasteiger partial charge is 0.573 e. The van der Waals surface area contributed by atoms with E-state index in [4.69, 9.17) is 0 Å². The van der Waals surface area contributed by atoms with E-state index < -0.39 is 6.36 Å². The van der Waals surface area contributed by atoms with E-state index in [1.807, 2.05) is 6.07 Å². The van der Waals surface area contributed by atoms with E-state index in [0.29, 0.717) is 0 Å². The van der Waals surface area contributed by atoms with Gasteiger partial charge in [-0.05, 0) is 24.1 Å². The molecule has 1 aliphatic heterocycles. The van der Waals surface area contributed by atoms with Crippen molar-refractivity contribution in [3.63, 3.8) is 0 Å². The molecule has 2 rings (SSSR count). The van der Waals surface area contributed by atoms with Crippen LogP contribution in [0.4, 0.5) is 13.2 Å². The zero-order valence-electron chi connectivity index (χ0n) is 13.2. The number of unbranched alkanes of at least 4 members (excludes halogenated alkanes) is 1. The van der Waals surface area contributed by atoms with Crippen LogP contribution >= 0.6 is 12.4 Å². The fourth-order valence-electron chi connectivity index (χ4n) is 2.87. The van der Waals surface area contributed by atoms with Gasteiger partial charge in [-0.15, -0.1) is 25.6 Å². The lowest BCUT2D eigenvalue weighted by Gasteiger charge is -2.35. The summed E-state index contributed by atoms with van der Waals surface area (Å²) >= 11 is 0. The molecular formula is C16H24ClF3N2O.